The van der Waals surface area contributed by atoms with Gasteiger partial charge in [-0.3, -0.25) is 39.4 Å². The molecule has 3 aromatic rings. The Hall–Kier alpha value is -5.50. The van der Waals surface area contributed by atoms with Gasteiger partial charge < -0.3 is 14.8 Å². The third-order valence-corrected chi connectivity index (χ3v) is 5.82. The lowest BCUT2D eigenvalue weighted by Gasteiger charge is -2.08. The summed E-state index contributed by atoms with van der Waals surface area (Å²) < 4.78 is 9.80. The minimum atomic E-state index is -0.847. The van der Waals surface area contributed by atoms with Crippen molar-refractivity contribution >= 4 is 58.1 Å². The summed E-state index contributed by atoms with van der Waals surface area (Å²) in [5.41, 5.74) is -0.447. The Bertz CT molecular complexity index is 1570. The standard InChI is InChI=1S/C27H20ClN3O11/c28-21-9-6-18(13-22(21)31(39)40)23(32)14-41-26(35)11-10-25(34)29-19-7-4-16(5-8-19)27(36)42-15-24(33)17-2-1-3-20(12-17)30(37)38/h1-9,12-13H,10-11,14-15H2,(H,29,34). The number of anilines is 1. The Morgan fingerprint density at radius 2 is 1.36 bits per heavy atom. The molecular formula is C27H20ClN3O11. The summed E-state index contributed by atoms with van der Waals surface area (Å²) in [7, 11) is 0. The van der Waals surface area contributed by atoms with Crippen molar-refractivity contribution in [1.82, 2.24) is 0 Å². The smallest absolute Gasteiger partial charge is 0.338 e. The molecule has 0 saturated carbocycles. The monoisotopic (exact) mass is 597 g/mol. The Labute approximate surface area is 241 Å². The zero-order valence-electron chi connectivity index (χ0n) is 21.4. The van der Waals surface area contributed by atoms with Gasteiger partial charge in [0.15, 0.2) is 13.2 Å². The Kier molecular flexibility index (Phi) is 10.5. The molecule has 0 aliphatic carbocycles. The molecule has 42 heavy (non-hydrogen) atoms. The Balaban J connectivity index is 1.41. The van der Waals surface area contributed by atoms with Crippen LogP contribution in [0.1, 0.15) is 43.9 Å². The number of esters is 2. The molecule has 1 amide bonds. The van der Waals surface area contributed by atoms with E-state index in [0.29, 0.717) is 0 Å². The Morgan fingerprint density at radius 1 is 0.738 bits per heavy atom. The number of ether oxygens (including phenoxy) is 2. The van der Waals surface area contributed by atoms with Crippen molar-refractivity contribution in [2.24, 2.45) is 0 Å². The van der Waals surface area contributed by atoms with E-state index >= 15 is 0 Å². The highest BCUT2D eigenvalue weighted by Gasteiger charge is 2.18. The van der Waals surface area contributed by atoms with Crippen LogP contribution in [-0.4, -0.2) is 52.5 Å². The van der Waals surface area contributed by atoms with Gasteiger partial charge in [0.25, 0.3) is 11.4 Å². The fraction of sp³-hybridized carbons (Fsp3) is 0.148. The van der Waals surface area contributed by atoms with Crippen LogP contribution in [-0.2, 0) is 19.1 Å². The number of non-ortho nitro benzene ring substituents is 1. The number of halogens is 1. The van der Waals surface area contributed by atoms with Gasteiger partial charge in [-0.15, -0.1) is 0 Å². The third kappa shape index (κ3) is 8.76. The van der Waals surface area contributed by atoms with Crippen LogP contribution in [0.2, 0.25) is 5.02 Å². The van der Waals surface area contributed by atoms with Gasteiger partial charge in [0.1, 0.15) is 5.02 Å². The second kappa shape index (κ2) is 14.2. The molecule has 0 saturated heterocycles. The number of nitro groups is 2. The molecular weight excluding hydrogens is 578 g/mol. The molecule has 216 valence electrons. The predicted octanol–water partition coefficient (Wildman–Crippen LogP) is 4.34. The van der Waals surface area contributed by atoms with Gasteiger partial charge in [0.2, 0.25) is 17.5 Å². The van der Waals surface area contributed by atoms with Gasteiger partial charge in [-0.05, 0) is 36.4 Å². The maximum Gasteiger partial charge on any atom is 0.338 e. The first-order valence-corrected chi connectivity index (χ1v) is 12.3. The maximum atomic E-state index is 12.2. The van der Waals surface area contributed by atoms with Crippen LogP contribution < -0.4 is 5.32 Å². The van der Waals surface area contributed by atoms with Crippen molar-refractivity contribution in [1.29, 1.82) is 0 Å². The topological polar surface area (TPSA) is 202 Å². The zero-order chi connectivity index (χ0) is 30.8. The normalized spacial score (nSPS) is 10.3. The molecule has 3 aromatic carbocycles. The van der Waals surface area contributed by atoms with E-state index < -0.39 is 58.2 Å². The molecule has 0 atom stereocenters. The number of amides is 1. The van der Waals surface area contributed by atoms with Crippen LogP contribution in [0.25, 0.3) is 0 Å². The van der Waals surface area contributed by atoms with Crippen molar-refractivity contribution in [2.75, 3.05) is 18.5 Å². The quantitative estimate of drug-likeness (QED) is 0.127. The number of carbonyl (C=O) groups is 5. The van der Waals surface area contributed by atoms with Crippen molar-refractivity contribution in [3.05, 3.63) is 109 Å². The van der Waals surface area contributed by atoms with Crippen molar-refractivity contribution in [3.63, 3.8) is 0 Å². The highest BCUT2D eigenvalue weighted by molar-refractivity contribution is 6.32. The fourth-order valence-corrected chi connectivity index (χ4v) is 3.53. The van der Waals surface area contributed by atoms with Crippen molar-refractivity contribution in [2.45, 2.75) is 12.8 Å². The minimum Gasteiger partial charge on any atom is -0.457 e. The molecule has 0 unspecified atom stereocenters. The number of benzene rings is 3. The maximum absolute atomic E-state index is 12.2. The summed E-state index contributed by atoms with van der Waals surface area (Å²) >= 11 is 5.70. The second-order valence-corrected chi connectivity index (χ2v) is 8.85. The minimum absolute atomic E-state index is 0.0124. The van der Waals surface area contributed by atoms with Gasteiger partial charge in [-0.2, -0.15) is 0 Å². The first kappa shape index (κ1) is 31.0. The van der Waals surface area contributed by atoms with E-state index in [0.717, 1.165) is 12.1 Å². The van der Waals surface area contributed by atoms with Crippen LogP contribution in [0.3, 0.4) is 0 Å². The highest BCUT2D eigenvalue weighted by Crippen LogP contribution is 2.25. The van der Waals surface area contributed by atoms with E-state index in [1.165, 1.54) is 54.6 Å². The highest BCUT2D eigenvalue weighted by atomic mass is 35.5. The van der Waals surface area contributed by atoms with Crippen LogP contribution in [0.4, 0.5) is 17.1 Å². The van der Waals surface area contributed by atoms with Crippen LogP contribution in [0.15, 0.2) is 66.7 Å². The summed E-state index contributed by atoms with van der Waals surface area (Å²) in [6.45, 7) is -1.33. The number of rotatable bonds is 13. The van der Waals surface area contributed by atoms with Crippen molar-refractivity contribution < 1.29 is 43.3 Å². The number of ketones is 2. The average molecular weight is 598 g/mol. The van der Waals surface area contributed by atoms with Gasteiger partial charge >= 0.3 is 11.9 Å². The molecule has 0 aromatic heterocycles. The van der Waals surface area contributed by atoms with E-state index in [1.807, 2.05) is 0 Å². The first-order chi connectivity index (χ1) is 19.9. The molecule has 0 heterocycles. The summed E-state index contributed by atoms with van der Waals surface area (Å²) in [4.78, 5) is 81.1. The largest absolute Gasteiger partial charge is 0.457 e. The van der Waals surface area contributed by atoms with E-state index in [4.69, 9.17) is 21.1 Å². The number of nitrogens with one attached hydrogen (secondary N) is 1. The molecule has 15 heteroatoms. The zero-order valence-corrected chi connectivity index (χ0v) is 22.2. The van der Waals surface area contributed by atoms with Crippen molar-refractivity contribution in [3.8, 4) is 0 Å². The van der Waals surface area contributed by atoms with Gasteiger partial charge in [0, 0.05) is 41.4 Å². The average Bonchev–Trinajstić information content (AvgIpc) is 2.97. The number of hydrogen-bond donors (Lipinski definition) is 1. The third-order valence-electron chi connectivity index (χ3n) is 5.50. The molecule has 0 aliphatic rings. The van der Waals surface area contributed by atoms with Crippen LogP contribution in [0.5, 0.6) is 0 Å². The number of Topliss-reactive ketones (excluding diaryl/α,β-unsaturated/α-hetero) is 2. The van der Waals surface area contributed by atoms with E-state index in [9.17, 15) is 44.2 Å². The molecule has 0 bridgehead atoms. The summed E-state index contributed by atoms with van der Waals surface area (Å²) in [5, 5.41) is 24.2. The molecule has 0 spiro atoms. The predicted molar refractivity (Wildman–Crippen MR) is 145 cm³/mol. The summed E-state index contributed by atoms with van der Waals surface area (Å²) in [6, 6.07) is 13.8. The van der Waals surface area contributed by atoms with Gasteiger partial charge in [-0.1, -0.05) is 23.7 Å². The lowest BCUT2D eigenvalue weighted by atomic mass is 10.1. The summed E-state index contributed by atoms with van der Waals surface area (Å²) in [5.74, 6) is -3.58. The SMILES string of the molecule is O=C(CCC(=O)OCC(=O)c1ccc(Cl)c([N+](=O)[O-])c1)Nc1ccc(C(=O)OCC(=O)c2cccc([N+](=O)[O-])c2)cc1. The number of nitro benzene ring substituents is 2. The number of carbonyl (C=O) groups excluding carboxylic acids is 5. The molecule has 3 rings (SSSR count). The summed E-state index contributed by atoms with van der Waals surface area (Å²) in [6.07, 6.45) is -0.647. The molecule has 14 nitrogen and oxygen atoms in total. The second-order valence-electron chi connectivity index (χ2n) is 8.44. The van der Waals surface area contributed by atoms with E-state index in [-0.39, 0.29) is 45.9 Å². The number of hydrogen-bond acceptors (Lipinski definition) is 11. The molecule has 0 radical (unpaired) electrons. The first-order valence-electron chi connectivity index (χ1n) is 11.9. The Morgan fingerprint density at radius 3 is 2.00 bits per heavy atom. The fourth-order valence-electron chi connectivity index (χ4n) is 3.35. The van der Waals surface area contributed by atoms with E-state index in [1.54, 1.807) is 0 Å². The van der Waals surface area contributed by atoms with Crippen LogP contribution in [0, 0.1) is 20.2 Å². The molecule has 0 fully saturated rings. The lowest BCUT2D eigenvalue weighted by Crippen LogP contribution is -2.17. The van der Waals surface area contributed by atoms with Gasteiger partial charge in [-0.25, -0.2) is 4.79 Å². The lowest BCUT2D eigenvalue weighted by molar-refractivity contribution is -0.385. The number of nitrogens with zero attached hydrogens (tertiary/aromatic N) is 2. The molecule has 1 N–H and O–H groups in total. The van der Waals surface area contributed by atoms with Gasteiger partial charge in [0.05, 0.1) is 21.8 Å². The van der Waals surface area contributed by atoms with Crippen LogP contribution >= 0.6 is 11.6 Å². The van der Waals surface area contributed by atoms with E-state index in [2.05, 4.69) is 5.32 Å². The molecule has 0 aliphatic heterocycles.